The van der Waals surface area contributed by atoms with E-state index in [0.29, 0.717) is 0 Å². The fourth-order valence-electron chi connectivity index (χ4n) is 2.55. The van der Waals surface area contributed by atoms with Gasteiger partial charge in [0.15, 0.2) is 0 Å². The van der Waals surface area contributed by atoms with Crippen LogP contribution in [-0.2, 0) is 25.9 Å². The molecule has 1 aliphatic heterocycles. The van der Waals surface area contributed by atoms with Gasteiger partial charge in [0.1, 0.15) is 0 Å². The van der Waals surface area contributed by atoms with E-state index >= 15 is 0 Å². The zero-order chi connectivity index (χ0) is 16.7. The molecule has 0 aromatic carbocycles. The van der Waals surface area contributed by atoms with Crippen LogP contribution in [0, 0.1) is 6.92 Å². The van der Waals surface area contributed by atoms with Crippen molar-refractivity contribution in [3.63, 3.8) is 0 Å². The number of hydrogen-bond acceptors (Lipinski definition) is 5. The summed E-state index contributed by atoms with van der Waals surface area (Å²) in [6, 6.07) is 0. The van der Waals surface area contributed by atoms with Gasteiger partial charge >= 0.3 is 13.1 Å². The van der Waals surface area contributed by atoms with Gasteiger partial charge in [-0.1, -0.05) is 0 Å². The summed E-state index contributed by atoms with van der Waals surface area (Å²) in [7, 11) is 2.75. The van der Waals surface area contributed by atoms with Crippen molar-refractivity contribution in [2.45, 2.75) is 58.1 Å². The second kappa shape index (κ2) is 5.70. The first-order valence-electron chi connectivity index (χ1n) is 7.50. The van der Waals surface area contributed by atoms with E-state index in [2.05, 4.69) is 5.10 Å². The second-order valence-corrected chi connectivity index (χ2v) is 6.82. The fourth-order valence-corrected chi connectivity index (χ4v) is 2.55. The molecule has 1 atom stereocenters. The van der Waals surface area contributed by atoms with Gasteiger partial charge in [-0.25, -0.2) is 0 Å². The molecule has 1 fully saturated rings. The molecule has 2 heterocycles. The van der Waals surface area contributed by atoms with E-state index in [9.17, 15) is 4.79 Å². The van der Waals surface area contributed by atoms with E-state index in [1.165, 1.54) is 7.11 Å². The number of nitrogens with zero attached hydrogens (tertiary/aromatic N) is 2. The van der Waals surface area contributed by atoms with Gasteiger partial charge in [-0.05, 0) is 40.2 Å². The lowest BCUT2D eigenvalue weighted by atomic mass is 9.66. The smallest absolute Gasteiger partial charge is 0.466 e. The van der Waals surface area contributed by atoms with Crippen molar-refractivity contribution in [1.82, 2.24) is 9.78 Å². The maximum Gasteiger partial charge on any atom is 0.466 e. The molecule has 0 N–H and O–H groups in total. The molecule has 122 valence electrons. The van der Waals surface area contributed by atoms with Gasteiger partial charge in [0, 0.05) is 18.6 Å². The van der Waals surface area contributed by atoms with Crippen LogP contribution in [0.5, 0.6) is 0 Å². The van der Waals surface area contributed by atoms with Crippen molar-refractivity contribution in [3.8, 4) is 0 Å². The number of esters is 1. The lowest BCUT2D eigenvalue weighted by Gasteiger charge is -2.32. The van der Waals surface area contributed by atoms with Crippen LogP contribution < -0.4 is 0 Å². The van der Waals surface area contributed by atoms with Gasteiger partial charge in [-0.15, -0.1) is 0 Å². The number of rotatable bonds is 4. The number of aryl methyl sites for hydroxylation is 1. The predicted octanol–water partition coefficient (Wildman–Crippen LogP) is 2.01. The Hall–Kier alpha value is -1.34. The zero-order valence-electron chi connectivity index (χ0n) is 14.5. The molecule has 0 amide bonds. The molecule has 0 saturated carbocycles. The summed E-state index contributed by atoms with van der Waals surface area (Å²) >= 11 is 0. The minimum atomic E-state index is -0.507. The highest BCUT2D eigenvalue weighted by atomic mass is 16.7. The highest BCUT2D eigenvalue weighted by molar-refractivity contribution is 6.48. The maximum atomic E-state index is 11.8. The average Bonchev–Trinajstić information content (AvgIpc) is 2.85. The Morgan fingerprint density at radius 2 is 1.91 bits per heavy atom. The summed E-state index contributed by atoms with van der Waals surface area (Å²) in [6.45, 7) is 9.96. The fraction of sp³-hybridized carbons (Fsp3) is 0.733. The molecular formula is C15H25BN2O4. The highest BCUT2D eigenvalue weighted by Gasteiger charge is 2.54. The Labute approximate surface area is 132 Å². The molecule has 7 heteroatoms. The molecule has 0 radical (unpaired) electrons. The first kappa shape index (κ1) is 17.0. The third kappa shape index (κ3) is 2.92. The molecule has 1 aromatic rings. The summed E-state index contributed by atoms with van der Waals surface area (Å²) in [6.07, 6.45) is 1.97. The number of carbonyl (C=O) groups excluding carboxylic acids is 1. The summed E-state index contributed by atoms with van der Waals surface area (Å²) in [5.74, 6) is -0.537. The average molecular weight is 308 g/mol. The first-order chi connectivity index (χ1) is 10.1. The van der Waals surface area contributed by atoms with Crippen molar-refractivity contribution in [2.24, 2.45) is 7.05 Å². The number of ether oxygens (including phenoxy) is 1. The van der Waals surface area contributed by atoms with Crippen molar-refractivity contribution in [2.75, 3.05) is 7.11 Å². The molecule has 1 saturated heterocycles. The van der Waals surface area contributed by atoms with E-state index in [4.69, 9.17) is 14.0 Å². The number of aromatic nitrogens is 2. The Morgan fingerprint density at radius 1 is 1.36 bits per heavy atom. The Kier molecular flexibility index (Phi) is 4.41. The Balaban J connectivity index is 2.34. The molecule has 0 aliphatic carbocycles. The molecular weight excluding hydrogens is 283 g/mol. The molecule has 0 spiro atoms. The topological polar surface area (TPSA) is 62.6 Å². The predicted molar refractivity (Wildman–Crippen MR) is 83.4 cm³/mol. The van der Waals surface area contributed by atoms with Gasteiger partial charge in [0.25, 0.3) is 0 Å². The Bertz CT molecular complexity index is 552. The van der Waals surface area contributed by atoms with E-state index in [-0.39, 0.29) is 18.2 Å². The quantitative estimate of drug-likeness (QED) is 0.629. The van der Waals surface area contributed by atoms with Gasteiger partial charge in [-0.2, -0.15) is 5.10 Å². The third-order valence-electron chi connectivity index (χ3n) is 4.89. The van der Waals surface area contributed by atoms with Gasteiger partial charge < -0.3 is 14.0 Å². The van der Waals surface area contributed by atoms with E-state index in [1.54, 1.807) is 10.9 Å². The maximum absolute atomic E-state index is 11.8. The molecule has 22 heavy (non-hydrogen) atoms. The van der Waals surface area contributed by atoms with Crippen LogP contribution >= 0.6 is 0 Å². The van der Waals surface area contributed by atoms with Crippen LogP contribution in [0.3, 0.4) is 0 Å². The highest BCUT2D eigenvalue weighted by Crippen LogP contribution is 2.42. The van der Waals surface area contributed by atoms with Crippen LogP contribution in [0.4, 0.5) is 0 Å². The van der Waals surface area contributed by atoms with Crippen molar-refractivity contribution in [3.05, 3.63) is 17.5 Å². The van der Waals surface area contributed by atoms with Gasteiger partial charge in [0.2, 0.25) is 0 Å². The molecule has 0 bridgehead atoms. The summed E-state index contributed by atoms with van der Waals surface area (Å²) in [5, 5.41) is 4.27. The number of hydrogen-bond donors (Lipinski definition) is 0. The summed E-state index contributed by atoms with van der Waals surface area (Å²) in [5.41, 5.74) is 1.06. The van der Waals surface area contributed by atoms with Crippen LogP contribution in [0.2, 0.25) is 0 Å². The van der Waals surface area contributed by atoms with E-state index in [0.717, 1.165) is 11.3 Å². The number of methoxy groups -OCH3 is 1. The molecule has 1 aliphatic rings. The SMILES string of the molecule is COC(=O)CC(B1OC(C)(C)C(C)(C)O1)c1cnn(C)c1C. The molecule has 2 rings (SSSR count). The minimum absolute atomic E-state index is 0.194. The molecule has 1 aromatic heterocycles. The second-order valence-electron chi connectivity index (χ2n) is 6.82. The summed E-state index contributed by atoms with van der Waals surface area (Å²) < 4.78 is 18.9. The normalized spacial score (nSPS) is 21.0. The zero-order valence-corrected chi connectivity index (χ0v) is 14.5. The largest absolute Gasteiger partial charge is 0.469 e. The monoisotopic (exact) mass is 308 g/mol. The van der Waals surface area contributed by atoms with Crippen molar-refractivity contribution in [1.29, 1.82) is 0 Å². The van der Waals surface area contributed by atoms with Crippen LogP contribution in [0.1, 0.15) is 51.2 Å². The first-order valence-corrected chi connectivity index (χ1v) is 7.50. The lowest BCUT2D eigenvalue weighted by molar-refractivity contribution is -0.140. The van der Waals surface area contributed by atoms with E-state index < -0.39 is 18.3 Å². The van der Waals surface area contributed by atoms with E-state index in [1.807, 2.05) is 41.7 Å². The summed E-state index contributed by atoms with van der Waals surface area (Å²) in [4.78, 5) is 11.8. The van der Waals surface area contributed by atoms with Gasteiger partial charge in [0.05, 0.1) is 30.9 Å². The van der Waals surface area contributed by atoms with Crippen LogP contribution in [0.15, 0.2) is 6.20 Å². The van der Waals surface area contributed by atoms with Crippen molar-refractivity contribution < 1.29 is 18.8 Å². The van der Waals surface area contributed by atoms with Gasteiger partial charge in [-0.3, -0.25) is 9.48 Å². The number of carbonyl (C=O) groups is 1. The minimum Gasteiger partial charge on any atom is -0.469 e. The molecule has 1 unspecified atom stereocenters. The Morgan fingerprint density at radius 3 is 2.32 bits per heavy atom. The standard InChI is InChI=1S/C15H25BN2O4/c1-10-11(9-17-18(10)6)12(8-13(19)20-7)16-21-14(2,3)15(4,5)22-16/h9,12H,8H2,1-7H3. The van der Waals surface area contributed by atoms with Crippen LogP contribution in [0.25, 0.3) is 0 Å². The lowest BCUT2D eigenvalue weighted by Crippen LogP contribution is -2.41. The molecule has 6 nitrogen and oxygen atoms in total. The van der Waals surface area contributed by atoms with Crippen LogP contribution in [-0.4, -0.2) is 41.2 Å². The third-order valence-corrected chi connectivity index (χ3v) is 4.89. The van der Waals surface area contributed by atoms with Crippen molar-refractivity contribution >= 4 is 13.1 Å².